The third-order valence-electron chi connectivity index (χ3n) is 3.90. The van der Waals surface area contributed by atoms with Crippen LogP contribution in [0.3, 0.4) is 0 Å². The van der Waals surface area contributed by atoms with E-state index in [1.807, 2.05) is 13.8 Å². The van der Waals surface area contributed by atoms with Gasteiger partial charge in [0.2, 0.25) is 5.67 Å². The van der Waals surface area contributed by atoms with Gasteiger partial charge in [0, 0.05) is 12.0 Å². The number of carbonyl (C=O) groups excluding carboxylic acids is 1. The zero-order valence-corrected chi connectivity index (χ0v) is 12.8. The molecule has 1 N–H and O–H groups in total. The van der Waals surface area contributed by atoms with Crippen molar-refractivity contribution in [2.45, 2.75) is 70.7 Å². The van der Waals surface area contributed by atoms with E-state index in [-0.39, 0.29) is 6.42 Å². The van der Waals surface area contributed by atoms with E-state index in [2.05, 4.69) is 0 Å². The molecule has 0 bridgehead atoms. The molecule has 6 heteroatoms. The monoisotopic (exact) mass is 289 g/mol. The van der Waals surface area contributed by atoms with Crippen LogP contribution in [-0.4, -0.2) is 45.4 Å². The summed E-state index contributed by atoms with van der Waals surface area (Å²) in [4.78, 5) is 24.6. The summed E-state index contributed by atoms with van der Waals surface area (Å²) in [6, 6.07) is 0. The highest BCUT2D eigenvalue weighted by Gasteiger charge is 2.58. The van der Waals surface area contributed by atoms with Crippen molar-refractivity contribution in [2.75, 3.05) is 6.54 Å². The molecule has 0 aromatic rings. The van der Waals surface area contributed by atoms with Crippen LogP contribution in [0.4, 0.5) is 9.18 Å². The third kappa shape index (κ3) is 3.04. The van der Waals surface area contributed by atoms with Crippen molar-refractivity contribution in [3.8, 4) is 0 Å². The minimum absolute atomic E-state index is 0.193. The van der Waals surface area contributed by atoms with Gasteiger partial charge in [0.25, 0.3) is 0 Å². The Morgan fingerprint density at radius 3 is 2.15 bits per heavy atom. The van der Waals surface area contributed by atoms with E-state index in [0.717, 1.165) is 0 Å². The van der Waals surface area contributed by atoms with Gasteiger partial charge in [0.1, 0.15) is 5.60 Å². The normalized spacial score (nSPS) is 25.6. The van der Waals surface area contributed by atoms with Crippen molar-refractivity contribution in [3.05, 3.63) is 0 Å². The van der Waals surface area contributed by atoms with Gasteiger partial charge in [0.05, 0.1) is 6.54 Å². The van der Waals surface area contributed by atoms with Gasteiger partial charge >= 0.3 is 12.1 Å². The second-order valence-corrected chi connectivity index (χ2v) is 6.45. The molecule has 1 fully saturated rings. The van der Waals surface area contributed by atoms with E-state index in [1.54, 1.807) is 20.8 Å². The summed E-state index contributed by atoms with van der Waals surface area (Å²) in [5, 5.41) is 9.07. The largest absolute Gasteiger partial charge is 0.479 e. The first-order valence-electron chi connectivity index (χ1n) is 6.92. The van der Waals surface area contributed by atoms with E-state index in [0.29, 0.717) is 12.8 Å². The number of amides is 1. The van der Waals surface area contributed by atoms with Gasteiger partial charge in [-0.15, -0.1) is 0 Å². The highest BCUT2D eigenvalue weighted by Crippen LogP contribution is 2.43. The first kappa shape index (κ1) is 16.7. The zero-order valence-electron chi connectivity index (χ0n) is 12.8. The fourth-order valence-corrected chi connectivity index (χ4v) is 2.69. The molecule has 1 amide bonds. The number of likely N-dealkylation sites (tertiary alicyclic amines) is 1. The van der Waals surface area contributed by atoms with E-state index in [4.69, 9.17) is 9.84 Å². The Bertz CT molecular complexity index is 400. The number of carboxylic acids is 1. The molecule has 0 aromatic heterocycles. The molecule has 1 aliphatic rings. The van der Waals surface area contributed by atoms with Gasteiger partial charge in [-0.1, -0.05) is 13.8 Å². The fourth-order valence-electron chi connectivity index (χ4n) is 2.69. The maximum absolute atomic E-state index is 14.5. The minimum atomic E-state index is -2.40. The average molecular weight is 289 g/mol. The lowest BCUT2D eigenvalue weighted by Crippen LogP contribution is -2.48. The van der Waals surface area contributed by atoms with E-state index in [1.165, 1.54) is 4.90 Å². The van der Waals surface area contributed by atoms with Gasteiger partial charge in [-0.2, -0.15) is 0 Å². The second kappa shape index (κ2) is 5.22. The van der Waals surface area contributed by atoms with Crippen molar-refractivity contribution in [3.63, 3.8) is 0 Å². The van der Waals surface area contributed by atoms with Gasteiger partial charge in [-0.25, -0.2) is 14.0 Å². The standard InChI is InChI=1S/C14H24FNO4/c1-6-13(7-2)8-14(15,10(17)18)9-16(13)11(19)20-12(3,4)5/h6-9H2,1-5H3,(H,17,18). The molecule has 20 heavy (non-hydrogen) atoms. The Kier molecular flexibility index (Phi) is 4.36. The highest BCUT2D eigenvalue weighted by molar-refractivity contribution is 5.81. The van der Waals surface area contributed by atoms with Crippen molar-refractivity contribution in [1.29, 1.82) is 0 Å². The summed E-state index contributed by atoms with van der Waals surface area (Å²) >= 11 is 0. The van der Waals surface area contributed by atoms with Crippen molar-refractivity contribution in [2.24, 2.45) is 0 Å². The number of hydrogen-bond donors (Lipinski definition) is 1. The molecule has 0 aliphatic carbocycles. The number of carboxylic acid groups (broad SMARTS) is 1. The second-order valence-electron chi connectivity index (χ2n) is 6.45. The molecule has 1 heterocycles. The molecule has 1 saturated heterocycles. The van der Waals surface area contributed by atoms with Crippen molar-refractivity contribution >= 4 is 12.1 Å². The lowest BCUT2D eigenvalue weighted by molar-refractivity contribution is -0.150. The summed E-state index contributed by atoms with van der Waals surface area (Å²) in [7, 11) is 0. The topological polar surface area (TPSA) is 66.8 Å². The quantitative estimate of drug-likeness (QED) is 0.867. The predicted molar refractivity (Wildman–Crippen MR) is 72.3 cm³/mol. The average Bonchev–Trinajstić information content (AvgIpc) is 2.63. The summed E-state index contributed by atoms with van der Waals surface area (Å²) < 4.78 is 19.8. The van der Waals surface area contributed by atoms with Crippen LogP contribution in [0, 0.1) is 0 Å². The maximum Gasteiger partial charge on any atom is 0.410 e. The first-order valence-corrected chi connectivity index (χ1v) is 6.92. The van der Waals surface area contributed by atoms with Crippen LogP contribution in [0.5, 0.6) is 0 Å². The van der Waals surface area contributed by atoms with Crippen molar-refractivity contribution in [1.82, 2.24) is 4.90 Å². The van der Waals surface area contributed by atoms with Crippen LogP contribution in [0.15, 0.2) is 0 Å². The molecule has 1 atom stereocenters. The number of carbonyl (C=O) groups is 2. The molecule has 0 radical (unpaired) electrons. The Hall–Kier alpha value is -1.33. The molecular formula is C14H24FNO4. The number of halogens is 1. The first-order chi connectivity index (χ1) is 8.99. The number of alkyl halides is 1. The van der Waals surface area contributed by atoms with Crippen LogP contribution in [0.2, 0.25) is 0 Å². The van der Waals surface area contributed by atoms with Crippen LogP contribution >= 0.6 is 0 Å². The van der Waals surface area contributed by atoms with E-state index in [9.17, 15) is 14.0 Å². The molecule has 0 aromatic carbocycles. The number of nitrogens with zero attached hydrogens (tertiary/aromatic N) is 1. The number of hydrogen-bond acceptors (Lipinski definition) is 3. The molecule has 1 aliphatic heterocycles. The van der Waals surface area contributed by atoms with Gasteiger partial charge < -0.3 is 9.84 Å². The predicted octanol–water partition coefficient (Wildman–Crippen LogP) is 2.98. The van der Waals surface area contributed by atoms with Gasteiger partial charge in [0.15, 0.2) is 0 Å². The minimum Gasteiger partial charge on any atom is -0.479 e. The van der Waals surface area contributed by atoms with Gasteiger partial charge in [-0.3, -0.25) is 4.90 Å². The Morgan fingerprint density at radius 1 is 1.30 bits per heavy atom. The fraction of sp³-hybridized carbons (Fsp3) is 0.857. The third-order valence-corrected chi connectivity index (χ3v) is 3.90. The van der Waals surface area contributed by atoms with E-state index >= 15 is 0 Å². The molecule has 5 nitrogen and oxygen atoms in total. The highest BCUT2D eigenvalue weighted by atomic mass is 19.1. The Labute approximate surface area is 119 Å². The summed E-state index contributed by atoms with van der Waals surface area (Å²) in [6.45, 7) is 8.36. The van der Waals surface area contributed by atoms with Crippen LogP contribution in [0.25, 0.3) is 0 Å². The van der Waals surface area contributed by atoms with Crippen LogP contribution in [0.1, 0.15) is 53.9 Å². The van der Waals surface area contributed by atoms with Crippen molar-refractivity contribution < 1.29 is 23.8 Å². The number of aliphatic carboxylic acids is 1. The lowest BCUT2D eigenvalue weighted by atomic mass is 9.86. The Morgan fingerprint density at radius 2 is 1.80 bits per heavy atom. The zero-order chi connectivity index (χ0) is 15.8. The summed E-state index contributed by atoms with van der Waals surface area (Å²) in [6.07, 6.45) is 0.132. The molecule has 116 valence electrons. The SMILES string of the molecule is CCC1(CC)CC(F)(C(=O)O)CN1C(=O)OC(C)(C)C. The lowest BCUT2D eigenvalue weighted by Gasteiger charge is -2.37. The molecule has 1 rings (SSSR count). The molecular weight excluding hydrogens is 265 g/mol. The van der Waals surface area contributed by atoms with Crippen LogP contribution in [-0.2, 0) is 9.53 Å². The number of ether oxygens (including phenoxy) is 1. The summed E-state index contributed by atoms with van der Waals surface area (Å²) in [5.41, 5.74) is -3.90. The van der Waals surface area contributed by atoms with Gasteiger partial charge in [-0.05, 0) is 33.6 Å². The van der Waals surface area contributed by atoms with Crippen LogP contribution < -0.4 is 0 Å². The smallest absolute Gasteiger partial charge is 0.410 e. The van der Waals surface area contributed by atoms with E-state index < -0.39 is 35.4 Å². The Balaban J connectivity index is 3.08. The molecule has 0 spiro atoms. The molecule has 0 saturated carbocycles. The summed E-state index contributed by atoms with van der Waals surface area (Å²) in [5.74, 6) is -1.52. The maximum atomic E-state index is 14.5. The number of rotatable bonds is 3. The molecule has 1 unspecified atom stereocenters.